The molecule has 0 aliphatic carbocycles. The molecule has 0 aromatic heterocycles. The van der Waals surface area contributed by atoms with E-state index in [-0.39, 0.29) is 18.3 Å². The summed E-state index contributed by atoms with van der Waals surface area (Å²) in [7, 11) is 0. The molecule has 0 radical (unpaired) electrons. The first kappa shape index (κ1) is 14.5. The molecule has 1 saturated heterocycles. The third-order valence-corrected chi connectivity index (χ3v) is 3.42. The van der Waals surface area contributed by atoms with Crippen LogP contribution in [0.2, 0.25) is 0 Å². The van der Waals surface area contributed by atoms with Gasteiger partial charge < -0.3 is 10.1 Å². The topological polar surface area (TPSA) is 58.6 Å². The van der Waals surface area contributed by atoms with Crippen molar-refractivity contribution in [1.29, 1.82) is 0 Å². The van der Waals surface area contributed by atoms with E-state index >= 15 is 0 Å². The summed E-state index contributed by atoms with van der Waals surface area (Å²) in [5.41, 5.74) is 1.83. The first-order valence-corrected chi connectivity index (χ1v) is 6.87. The largest absolute Gasteiger partial charge is 0.463 e. The molecule has 1 heterocycles. The Labute approximate surface area is 118 Å². The van der Waals surface area contributed by atoms with Gasteiger partial charge in [0, 0.05) is 12.2 Å². The van der Waals surface area contributed by atoms with Gasteiger partial charge in [0.25, 0.3) is 0 Å². The van der Waals surface area contributed by atoms with E-state index in [9.17, 15) is 9.59 Å². The van der Waals surface area contributed by atoms with Crippen LogP contribution in [0.15, 0.2) is 24.3 Å². The van der Waals surface area contributed by atoms with Crippen molar-refractivity contribution in [3.05, 3.63) is 29.8 Å². The molecular weight excluding hydrogens is 256 g/mol. The van der Waals surface area contributed by atoms with E-state index in [4.69, 9.17) is 4.74 Å². The van der Waals surface area contributed by atoms with Crippen molar-refractivity contribution in [2.24, 2.45) is 0 Å². The highest BCUT2D eigenvalue weighted by molar-refractivity contribution is 5.94. The zero-order chi connectivity index (χ0) is 14.5. The van der Waals surface area contributed by atoms with E-state index in [0.717, 1.165) is 17.8 Å². The standard InChI is InChI=1S/C15H20N2O3/c1-3-17-7-8-20-15(19)13(17)10-14(18)16-12-6-4-5-11(2)9-12/h4-6,9,13H,3,7-8,10H2,1-2H3,(H,16,18). The van der Waals surface area contributed by atoms with E-state index in [1.54, 1.807) is 0 Å². The van der Waals surface area contributed by atoms with Gasteiger partial charge in [-0.3, -0.25) is 14.5 Å². The lowest BCUT2D eigenvalue weighted by molar-refractivity contribution is -0.158. The number of amides is 1. The number of ether oxygens (including phenoxy) is 1. The van der Waals surface area contributed by atoms with Crippen LogP contribution in [0.1, 0.15) is 18.9 Å². The fourth-order valence-corrected chi connectivity index (χ4v) is 2.37. The maximum absolute atomic E-state index is 12.1. The second-order valence-electron chi connectivity index (χ2n) is 4.93. The van der Waals surface area contributed by atoms with Gasteiger partial charge >= 0.3 is 5.97 Å². The predicted molar refractivity (Wildman–Crippen MR) is 76.4 cm³/mol. The summed E-state index contributed by atoms with van der Waals surface area (Å²) in [5.74, 6) is -0.476. The third-order valence-electron chi connectivity index (χ3n) is 3.42. The smallest absolute Gasteiger partial charge is 0.323 e. The number of hydrogen-bond donors (Lipinski definition) is 1. The van der Waals surface area contributed by atoms with Gasteiger partial charge in [0.2, 0.25) is 5.91 Å². The molecule has 5 nitrogen and oxygen atoms in total. The number of aryl methyl sites for hydroxylation is 1. The minimum atomic E-state index is -0.474. The summed E-state index contributed by atoms with van der Waals surface area (Å²) >= 11 is 0. The highest BCUT2D eigenvalue weighted by Gasteiger charge is 2.32. The van der Waals surface area contributed by atoms with Gasteiger partial charge in [0.1, 0.15) is 12.6 Å². The fourth-order valence-electron chi connectivity index (χ4n) is 2.37. The monoisotopic (exact) mass is 276 g/mol. The molecule has 1 aliphatic rings. The molecule has 2 rings (SSSR count). The third kappa shape index (κ3) is 3.57. The molecule has 1 N–H and O–H groups in total. The van der Waals surface area contributed by atoms with Crippen LogP contribution in [-0.4, -0.2) is 42.5 Å². The van der Waals surface area contributed by atoms with Crippen molar-refractivity contribution < 1.29 is 14.3 Å². The molecule has 0 bridgehead atoms. The number of carbonyl (C=O) groups excluding carboxylic acids is 2. The normalized spacial score (nSPS) is 19.5. The minimum absolute atomic E-state index is 0.126. The Morgan fingerprint density at radius 3 is 3.00 bits per heavy atom. The van der Waals surface area contributed by atoms with E-state index in [1.165, 1.54) is 0 Å². The van der Waals surface area contributed by atoms with Gasteiger partial charge in [0.15, 0.2) is 0 Å². The molecule has 1 atom stereocenters. The van der Waals surface area contributed by atoms with E-state index in [2.05, 4.69) is 5.32 Å². The average molecular weight is 276 g/mol. The SMILES string of the molecule is CCN1CCOC(=O)C1CC(=O)Nc1cccc(C)c1. The number of cyclic esters (lactones) is 1. The Morgan fingerprint density at radius 1 is 1.50 bits per heavy atom. The summed E-state index contributed by atoms with van der Waals surface area (Å²) < 4.78 is 5.03. The van der Waals surface area contributed by atoms with Crippen LogP contribution in [0.4, 0.5) is 5.69 Å². The zero-order valence-electron chi connectivity index (χ0n) is 11.9. The van der Waals surface area contributed by atoms with Crippen LogP contribution in [0.25, 0.3) is 0 Å². The number of carbonyl (C=O) groups is 2. The number of esters is 1. The maximum atomic E-state index is 12.1. The number of nitrogens with zero attached hydrogens (tertiary/aromatic N) is 1. The molecule has 20 heavy (non-hydrogen) atoms. The second-order valence-corrected chi connectivity index (χ2v) is 4.93. The van der Waals surface area contributed by atoms with E-state index in [1.807, 2.05) is 43.0 Å². The van der Waals surface area contributed by atoms with E-state index < -0.39 is 6.04 Å². The maximum Gasteiger partial charge on any atom is 0.323 e. The Morgan fingerprint density at radius 2 is 2.30 bits per heavy atom. The summed E-state index contributed by atoms with van der Waals surface area (Å²) in [6.45, 7) is 5.77. The van der Waals surface area contributed by atoms with Crippen molar-refractivity contribution in [1.82, 2.24) is 4.90 Å². The van der Waals surface area contributed by atoms with Crippen molar-refractivity contribution in [3.8, 4) is 0 Å². The molecule has 1 aromatic carbocycles. The molecule has 1 aliphatic heterocycles. The molecule has 0 saturated carbocycles. The Balaban J connectivity index is 1.97. The predicted octanol–water partition coefficient (Wildman–Crippen LogP) is 1.57. The molecule has 5 heteroatoms. The number of nitrogens with one attached hydrogen (secondary N) is 1. The summed E-state index contributed by atoms with van der Waals surface area (Å²) in [4.78, 5) is 25.8. The zero-order valence-corrected chi connectivity index (χ0v) is 11.9. The Kier molecular flexibility index (Phi) is 4.74. The Bertz CT molecular complexity index is 502. The lowest BCUT2D eigenvalue weighted by Gasteiger charge is -2.32. The highest BCUT2D eigenvalue weighted by atomic mass is 16.5. The molecule has 1 unspecified atom stereocenters. The molecule has 1 amide bonds. The van der Waals surface area contributed by atoms with Gasteiger partial charge in [0.05, 0.1) is 6.42 Å². The van der Waals surface area contributed by atoms with Crippen molar-refractivity contribution in [3.63, 3.8) is 0 Å². The van der Waals surface area contributed by atoms with Crippen LogP contribution in [0, 0.1) is 6.92 Å². The summed E-state index contributed by atoms with van der Waals surface area (Å²) in [6.07, 6.45) is 0.126. The van der Waals surface area contributed by atoms with Crippen LogP contribution in [0.5, 0.6) is 0 Å². The number of benzene rings is 1. The van der Waals surface area contributed by atoms with Crippen molar-refractivity contribution in [2.75, 3.05) is 25.0 Å². The number of hydrogen-bond acceptors (Lipinski definition) is 4. The number of rotatable bonds is 4. The van der Waals surface area contributed by atoms with Crippen LogP contribution in [-0.2, 0) is 14.3 Å². The average Bonchev–Trinajstić information content (AvgIpc) is 2.41. The van der Waals surface area contributed by atoms with Gasteiger partial charge in [-0.15, -0.1) is 0 Å². The van der Waals surface area contributed by atoms with Gasteiger partial charge in [-0.1, -0.05) is 19.1 Å². The summed E-state index contributed by atoms with van der Waals surface area (Å²) in [5, 5.41) is 2.82. The van der Waals surface area contributed by atoms with Crippen molar-refractivity contribution in [2.45, 2.75) is 26.3 Å². The second kappa shape index (κ2) is 6.52. The molecule has 108 valence electrons. The van der Waals surface area contributed by atoms with Crippen molar-refractivity contribution >= 4 is 17.6 Å². The van der Waals surface area contributed by atoms with Crippen LogP contribution >= 0.6 is 0 Å². The fraction of sp³-hybridized carbons (Fsp3) is 0.467. The van der Waals surface area contributed by atoms with Gasteiger partial charge in [-0.2, -0.15) is 0 Å². The number of morpholine rings is 1. The first-order chi connectivity index (χ1) is 9.60. The number of likely N-dealkylation sites (N-methyl/N-ethyl adjacent to an activating group) is 1. The van der Waals surface area contributed by atoms with Gasteiger partial charge in [-0.05, 0) is 31.2 Å². The first-order valence-electron chi connectivity index (χ1n) is 6.87. The quantitative estimate of drug-likeness (QED) is 0.848. The highest BCUT2D eigenvalue weighted by Crippen LogP contribution is 2.14. The molecule has 1 fully saturated rings. The lowest BCUT2D eigenvalue weighted by atomic mass is 10.1. The van der Waals surface area contributed by atoms with Crippen LogP contribution < -0.4 is 5.32 Å². The minimum Gasteiger partial charge on any atom is -0.463 e. The Hall–Kier alpha value is -1.88. The van der Waals surface area contributed by atoms with Gasteiger partial charge in [-0.25, -0.2) is 0 Å². The molecular formula is C15H20N2O3. The summed E-state index contributed by atoms with van der Waals surface area (Å²) in [6, 6.07) is 7.11. The number of anilines is 1. The van der Waals surface area contributed by atoms with E-state index in [0.29, 0.717) is 13.2 Å². The van der Waals surface area contributed by atoms with Crippen LogP contribution in [0.3, 0.4) is 0 Å². The molecule has 1 aromatic rings. The lowest BCUT2D eigenvalue weighted by Crippen LogP contribution is -2.50. The molecule has 0 spiro atoms.